The highest BCUT2D eigenvalue weighted by Crippen LogP contribution is 2.25. The first kappa shape index (κ1) is 17.8. The fourth-order valence-electron chi connectivity index (χ4n) is 2.35. The Balaban J connectivity index is 1.81. The molecule has 7 heteroatoms. The molecule has 132 valence electrons. The summed E-state index contributed by atoms with van der Waals surface area (Å²) in [6.45, 7) is 1.74. The zero-order valence-electron chi connectivity index (χ0n) is 13.7. The number of hydrogen-bond donors (Lipinski definition) is 1. The van der Waals surface area contributed by atoms with E-state index in [9.17, 15) is 13.6 Å². The van der Waals surface area contributed by atoms with E-state index in [0.717, 1.165) is 0 Å². The largest absolute Gasteiger partial charge is 0.320 e. The summed E-state index contributed by atoms with van der Waals surface area (Å²) in [7, 11) is 0. The van der Waals surface area contributed by atoms with Crippen molar-refractivity contribution in [3.8, 4) is 5.69 Å². The molecule has 0 spiro atoms. The first-order chi connectivity index (χ1) is 12.5. The van der Waals surface area contributed by atoms with Crippen molar-refractivity contribution in [2.45, 2.75) is 6.92 Å². The molecule has 0 bridgehead atoms. The number of hydrogen-bond acceptors (Lipinski definition) is 2. The zero-order chi connectivity index (χ0) is 18.7. The predicted molar refractivity (Wildman–Crippen MR) is 97.3 cm³/mol. The van der Waals surface area contributed by atoms with Gasteiger partial charge in [-0.1, -0.05) is 23.7 Å². The fourth-order valence-corrected chi connectivity index (χ4v) is 2.69. The summed E-state index contributed by atoms with van der Waals surface area (Å²) < 4.78 is 28.1. The van der Waals surface area contributed by atoms with Gasteiger partial charge >= 0.3 is 0 Å². The van der Waals surface area contributed by atoms with E-state index in [1.807, 2.05) is 0 Å². The second-order valence-electron chi connectivity index (χ2n) is 5.48. The number of halogens is 3. The first-order valence-corrected chi connectivity index (χ1v) is 8.08. The van der Waals surface area contributed by atoms with Gasteiger partial charge in [0, 0.05) is 11.6 Å². The van der Waals surface area contributed by atoms with Crippen LogP contribution in [0.2, 0.25) is 5.15 Å². The summed E-state index contributed by atoms with van der Waals surface area (Å²) in [5.74, 6) is -1.38. The molecule has 1 heterocycles. The summed E-state index contributed by atoms with van der Waals surface area (Å²) in [6.07, 6.45) is 2.75. The lowest BCUT2D eigenvalue weighted by molar-refractivity contribution is -0.111. The summed E-state index contributed by atoms with van der Waals surface area (Å²) in [4.78, 5) is 12.0. The smallest absolute Gasteiger partial charge is 0.248 e. The van der Waals surface area contributed by atoms with E-state index in [1.54, 1.807) is 25.1 Å². The number of amides is 1. The molecule has 0 aliphatic rings. The Hall–Kier alpha value is -2.99. The molecule has 3 rings (SSSR count). The SMILES string of the molecule is Cc1nn(-c2ccc(F)cc2)c(Cl)c1/C=C/C(=O)Nc1ccccc1F. The average Bonchev–Trinajstić information content (AvgIpc) is 2.90. The van der Waals surface area contributed by atoms with Crippen LogP contribution in [0.1, 0.15) is 11.3 Å². The number of nitrogens with zero attached hydrogens (tertiary/aromatic N) is 2. The van der Waals surface area contributed by atoms with E-state index in [2.05, 4.69) is 10.4 Å². The molecule has 0 aliphatic carbocycles. The van der Waals surface area contributed by atoms with Crippen LogP contribution in [0.15, 0.2) is 54.6 Å². The van der Waals surface area contributed by atoms with E-state index < -0.39 is 11.7 Å². The number of carbonyl (C=O) groups excluding carboxylic acids is 1. The molecule has 1 amide bonds. The molecule has 1 N–H and O–H groups in total. The predicted octanol–water partition coefficient (Wildman–Crippen LogP) is 4.76. The second kappa shape index (κ2) is 7.49. The number of anilines is 1. The molecule has 26 heavy (non-hydrogen) atoms. The van der Waals surface area contributed by atoms with Crippen LogP contribution in [0.4, 0.5) is 14.5 Å². The van der Waals surface area contributed by atoms with Gasteiger partial charge in [-0.15, -0.1) is 0 Å². The van der Waals surface area contributed by atoms with Crippen LogP contribution >= 0.6 is 11.6 Å². The van der Waals surface area contributed by atoms with Crippen molar-refractivity contribution in [1.82, 2.24) is 9.78 Å². The number of rotatable bonds is 4. The molecule has 0 fully saturated rings. The van der Waals surface area contributed by atoms with E-state index >= 15 is 0 Å². The number of nitrogens with one attached hydrogen (secondary N) is 1. The van der Waals surface area contributed by atoms with Gasteiger partial charge in [0.15, 0.2) is 0 Å². The normalized spacial score (nSPS) is 11.1. The van der Waals surface area contributed by atoms with Crippen molar-refractivity contribution >= 4 is 29.3 Å². The molecule has 3 aromatic rings. The van der Waals surface area contributed by atoms with Crippen molar-refractivity contribution in [2.75, 3.05) is 5.32 Å². The number of aryl methyl sites for hydroxylation is 1. The highest BCUT2D eigenvalue weighted by Gasteiger charge is 2.13. The Morgan fingerprint density at radius 3 is 2.54 bits per heavy atom. The van der Waals surface area contributed by atoms with Gasteiger partial charge in [0.1, 0.15) is 16.8 Å². The summed E-state index contributed by atoms with van der Waals surface area (Å²) in [6, 6.07) is 11.6. The quantitative estimate of drug-likeness (QED) is 0.670. The minimum absolute atomic E-state index is 0.0898. The maximum absolute atomic E-state index is 13.6. The number of para-hydroxylation sites is 1. The van der Waals surface area contributed by atoms with Gasteiger partial charge in [0.25, 0.3) is 0 Å². The van der Waals surface area contributed by atoms with Gasteiger partial charge in [0.2, 0.25) is 5.91 Å². The van der Waals surface area contributed by atoms with Crippen LogP contribution in [-0.4, -0.2) is 15.7 Å². The van der Waals surface area contributed by atoms with Crippen molar-refractivity contribution in [2.24, 2.45) is 0 Å². The molecule has 0 saturated carbocycles. The molecule has 1 aromatic heterocycles. The third kappa shape index (κ3) is 3.81. The van der Waals surface area contributed by atoms with Crippen LogP contribution in [0.5, 0.6) is 0 Å². The number of aromatic nitrogens is 2. The van der Waals surface area contributed by atoms with Gasteiger partial charge in [-0.3, -0.25) is 4.79 Å². The van der Waals surface area contributed by atoms with Crippen molar-refractivity contribution in [3.63, 3.8) is 0 Å². The topological polar surface area (TPSA) is 46.9 Å². The standard InChI is InChI=1S/C19H14ClF2N3O/c1-12-15(10-11-18(26)23-17-5-3-2-4-16(17)22)19(20)25(24-12)14-8-6-13(21)7-9-14/h2-11H,1H3,(H,23,26)/b11-10+. The molecule has 0 radical (unpaired) electrons. The van der Waals surface area contributed by atoms with E-state index in [-0.39, 0.29) is 16.7 Å². The Morgan fingerprint density at radius 1 is 1.15 bits per heavy atom. The van der Waals surface area contributed by atoms with E-state index in [4.69, 9.17) is 11.6 Å². The Bertz CT molecular complexity index is 981. The third-order valence-corrected chi connectivity index (χ3v) is 4.02. The van der Waals surface area contributed by atoms with Crippen LogP contribution in [0.25, 0.3) is 11.8 Å². The molecular weight excluding hydrogens is 360 g/mol. The molecular formula is C19H14ClF2N3O. The molecule has 0 saturated heterocycles. The lowest BCUT2D eigenvalue weighted by Crippen LogP contribution is -2.09. The lowest BCUT2D eigenvalue weighted by Gasteiger charge is -2.03. The van der Waals surface area contributed by atoms with Crippen molar-refractivity contribution in [1.29, 1.82) is 0 Å². The minimum Gasteiger partial charge on any atom is -0.320 e. The highest BCUT2D eigenvalue weighted by molar-refractivity contribution is 6.31. The summed E-state index contributed by atoms with van der Waals surface area (Å²) in [5.41, 5.74) is 1.82. The van der Waals surface area contributed by atoms with Crippen LogP contribution < -0.4 is 5.32 Å². The third-order valence-electron chi connectivity index (χ3n) is 3.65. The van der Waals surface area contributed by atoms with Gasteiger partial charge in [0.05, 0.1) is 17.1 Å². The first-order valence-electron chi connectivity index (χ1n) is 7.70. The van der Waals surface area contributed by atoms with Gasteiger partial charge in [-0.2, -0.15) is 5.10 Å². The lowest BCUT2D eigenvalue weighted by atomic mass is 10.2. The highest BCUT2D eigenvalue weighted by atomic mass is 35.5. The molecule has 0 unspecified atom stereocenters. The van der Waals surface area contributed by atoms with Crippen molar-refractivity contribution < 1.29 is 13.6 Å². The van der Waals surface area contributed by atoms with E-state index in [0.29, 0.717) is 16.9 Å². The maximum Gasteiger partial charge on any atom is 0.248 e. The average molecular weight is 374 g/mol. The molecule has 0 atom stereocenters. The minimum atomic E-state index is -0.521. The van der Waals surface area contributed by atoms with Gasteiger partial charge in [-0.25, -0.2) is 13.5 Å². The Morgan fingerprint density at radius 2 is 1.85 bits per heavy atom. The summed E-state index contributed by atoms with van der Waals surface area (Å²) in [5, 5.41) is 7.04. The van der Waals surface area contributed by atoms with Crippen LogP contribution in [0, 0.1) is 18.6 Å². The molecule has 4 nitrogen and oxygen atoms in total. The Labute approximate surface area is 153 Å². The second-order valence-corrected chi connectivity index (χ2v) is 5.84. The number of benzene rings is 2. The van der Waals surface area contributed by atoms with Gasteiger partial charge in [-0.05, 0) is 49.4 Å². The van der Waals surface area contributed by atoms with Crippen LogP contribution in [0.3, 0.4) is 0 Å². The fraction of sp³-hybridized carbons (Fsp3) is 0.0526. The maximum atomic E-state index is 13.6. The zero-order valence-corrected chi connectivity index (χ0v) is 14.5. The monoisotopic (exact) mass is 373 g/mol. The molecule has 2 aromatic carbocycles. The molecule has 0 aliphatic heterocycles. The number of carbonyl (C=O) groups is 1. The Kier molecular flexibility index (Phi) is 5.14. The van der Waals surface area contributed by atoms with Crippen LogP contribution in [-0.2, 0) is 4.79 Å². The van der Waals surface area contributed by atoms with E-state index in [1.165, 1.54) is 47.2 Å². The summed E-state index contributed by atoms with van der Waals surface area (Å²) >= 11 is 6.34. The van der Waals surface area contributed by atoms with Crippen molar-refractivity contribution in [3.05, 3.63) is 82.7 Å². The van der Waals surface area contributed by atoms with Gasteiger partial charge < -0.3 is 5.32 Å².